The fourth-order valence-electron chi connectivity index (χ4n) is 1.89. The van der Waals surface area contributed by atoms with Crippen molar-refractivity contribution in [1.29, 1.82) is 0 Å². The van der Waals surface area contributed by atoms with Gasteiger partial charge in [-0.3, -0.25) is 9.69 Å². The van der Waals surface area contributed by atoms with E-state index in [1.807, 2.05) is 0 Å². The number of hydrogen-bond acceptors (Lipinski definition) is 4. The first-order valence-electron chi connectivity index (χ1n) is 5.13. The fraction of sp³-hybridized carbons (Fsp3) is 0.900. The number of nitrogens with zero attached hydrogens (tertiary/aromatic N) is 2. The Labute approximate surface area is 85.8 Å². The topological polar surface area (TPSA) is 32.8 Å². The molecule has 0 amide bonds. The average Bonchev–Trinajstić information content (AvgIpc) is 2.29. The minimum atomic E-state index is -0.138. The number of likely N-dealkylation sites (N-methyl/N-ethyl adjacent to an activating group) is 1. The van der Waals surface area contributed by atoms with Crippen LogP contribution < -0.4 is 0 Å². The first-order valence-corrected chi connectivity index (χ1v) is 5.13. The molecule has 0 bridgehead atoms. The van der Waals surface area contributed by atoms with E-state index >= 15 is 0 Å². The van der Waals surface area contributed by atoms with Crippen LogP contribution in [0, 0.1) is 0 Å². The summed E-state index contributed by atoms with van der Waals surface area (Å²) in [4.78, 5) is 15.6. The molecule has 0 spiro atoms. The fourth-order valence-corrected chi connectivity index (χ4v) is 1.89. The van der Waals surface area contributed by atoms with Crippen LogP contribution in [0.1, 0.15) is 13.3 Å². The minimum absolute atomic E-state index is 0.138. The molecule has 0 saturated carbocycles. The Morgan fingerprint density at radius 1 is 1.50 bits per heavy atom. The Kier molecular flexibility index (Phi) is 4.35. The highest BCUT2D eigenvalue weighted by molar-refractivity contribution is 5.71. The van der Waals surface area contributed by atoms with Crippen LogP contribution in [-0.2, 0) is 9.53 Å². The molecular formula is C10H20N2O2. The van der Waals surface area contributed by atoms with Crippen molar-refractivity contribution < 1.29 is 9.53 Å². The second-order valence-electron chi connectivity index (χ2n) is 4.01. The number of carbonyl (C=O) groups is 1. The van der Waals surface area contributed by atoms with Crippen LogP contribution in [0.15, 0.2) is 0 Å². The number of carbonyl (C=O) groups excluding carboxylic acids is 1. The van der Waals surface area contributed by atoms with Crippen molar-refractivity contribution >= 4 is 5.97 Å². The van der Waals surface area contributed by atoms with Crippen LogP contribution in [-0.4, -0.2) is 62.1 Å². The largest absolute Gasteiger partial charge is 0.468 e. The predicted molar refractivity (Wildman–Crippen MR) is 55.2 cm³/mol. The molecule has 1 heterocycles. The van der Waals surface area contributed by atoms with E-state index < -0.39 is 0 Å². The molecule has 1 saturated heterocycles. The van der Waals surface area contributed by atoms with E-state index in [9.17, 15) is 4.79 Å². The second kappa shape index (κ2) is 5.32. The zero-order valence-corrected chi connectivity index (χ0v) is 9.32. The van der Waals surface area contributed by atoms with Crippen LogP contribution in [0.5, 0.6) is 0 Å². The summed E-state index contributed by atoms with van der Waals surface area (Å²) in [5.41, 5.74) is 0. The number of methoxy groups -OCH3 is 1. The van der Waals surface area contributed by atoms with Crippen molar-refractivity contribution in [2.24, 2.45) is 0 Å². The summed E-state index contributed by atoms with van der Waals surface area (Å²) in [6.45, 7) is 5.70. The molecule has 0 aliphatic carbocycles. The number of rotatable bonds is 2. The highest BCUT2D eigenvalue weighted by atomic mass is 16.5. The third kappa shape index (κ3) is 3.27. The molecule has 0 aromatic carbocycles. The van der Waals surface area contributed by atoms with Crippen molar-refractivity contribution in [3.63, 3.8) is 0 Å². The Bertz CT molecular complexity index is 197. The average molecular weight is 200 g/mol. The quantitative estimate of drug-likeness (QED) is 0.596. The maximum absolute atomic E-state index is 11.1. The Hall–Kier alpha value is -0.610. The standard InChI is InChI=1S/C10H20N2O2/c1-9-7-11(2)5-4-6-12(9)8-10(13)14-3/h9H,4-8H2,1-3H3. The van der Waals surface area contributed by atoms with Crippen molar-refractivity contribution in [1.82, 2.24) is 9.80 Å². The zero-order chi connectivity index (χ0) is 10.6. The number of hydrogen-bond donors (Lipinski definition) is 0. The molecular weight excluding hydrogens is 180 g/mol. The second-order valence-corrected chi connectivity index (χ2v) is 4.01. The van der Waals surface area contributed by atoms with Crippen LogP contribution >= 0.6 is 0 Å². The SMILES string of the molecule is COC(=O)CN1CCCN(C)CC1C. The van der Waals surface area contributed by atoms with Crippen LogP contribution in [0.4, 0.5) is 0 Å². The molecule has 82 valence electrons. The van der Waals surface area contributed by atoms with Gasteiger partial charge in [-0.2, -0.15) is 0 Å². The Morgan fingerprint density at radius 3 is 2.86 bits per heavy atom. The van der Waals surface area contributed by atoms with Gasteiger partial charge in [0.25, 0.3) is 0 Å². The van der Waals surface area contributed by atoms with Gasteiger partial charge >= 0.3 is 5.97 Å². The van der Waals surface area contributed by atoms with Gasteiger partial charge in [0.1, 0.15) is 0 Å². The molecule has 0 aromatic rings. The molecule has 1 aliphatic heterocycles. The number of esters is 1. The molecule has 4 heteroatoms. The predicted octanol–water partition coefficient (Wildman–Crippen LogP) is 0.185. The van der Waals surface area contributed by atoms with E-state index in [2.05, 4.69) is 28.5 Å². The molecule has 4 nitrogen and oxygen atoms in total. The maximum Gasteiger partial charge on any atom is 0.319 e. The first-order chi connectivity index (χ1) is 6.63. The maximum atomic E-state index is 11.1. The summed E-state index contributed by atoms with van der Waals surface area (Å²) >= 11 is 0. The Balaban J connectivity index is 2.46. The van der Waals surface area contributed by atoms with E-state index in [-0.39, 0.29) is 5.97 Å². The molecule has 0 aromatic heterocycles. The van der Waals surface area contributed by atoms with Crippen molar-refractivity contribution in [2.45, 2.75) is 19.4 Å². The first kappa shape index (κ1) is 11.5. The van der Waals surface area contributed by atoms with Gasteiger partial charge in [-0.25, -0.2) is 0 Å². The van der Waals surface area contributed by atoms with E-state index in [0.717, 1.165) is 26.1 Å². The van der Waals surface area contributed by atoms with Gasteiger partial charge in [-0.15, -0.1) is 0 Å². The lowest BCUT2D eigenvalue weighted by Gasteiger charge is -2.26. The van der Waals surface area contributed by atoms with E-state index in [4.69, 9.17) is 0 Å². The van der Waals surface area contributed by atoms with Crippen LogP contribution in [0.3, 0.4) is 0 Å². The molecule has 1 aliphatic rings. The zero-order valence-electron chi connectivity index (χ0n) is 9.32. The van der Waals surface area contributed by atoms with Gasteiger partial charge in [-0.05, 0) is 26.9 Å². The third-order valence-electron chi connectivity index (χ3n) is 2.74. The monoisotopic (exact) mass is 200 g/mol. The van der Waals surface area contributed by atoms with Gasteiger partial charge in [0.05, 0.1) is 13.7 Å². The van der Waals surface area contributed by atoms with Gasteiger partial charge in [-0.1, -0.05) is 0 Å². The molecule has 1 unspecified atom stereocenters. The summed E-state index contributed by atoms with van der Waals surface area (Å²) in [5.74, 6) is -0.138. The lowest BCUT2D eigenvalue weighted by Crippen LogP contribution is -2.41. The molecule has 14 heavy (non-hydrogen) atoms. The van der Waals surface area contributed by atoms with Gasteiger partial charge in [0.15, 0.2) is 0 Å². The smallest absolute Gasteiger partial charge is 0.319 e. The van der Waals surface area contributed by atoms with Crippen molar-refractivity contribution in [3.05, 3.63) is 0 Å². The van der Waals surface area contributed by atoms with E-state index in [0.29, 0.717) is 12.6 Å². The van der Waals surface area contributed by atoms with Crippen molar-refractivity contribution in [3.8, 4) is 0 Å². The highest BCUT2D eigenvalue weighted by Crippen LogP contribution is 2.07. The summed E-state index contributed by atoms with van der Waals surface area (Å²) in [5, 5.41) is 0. The van der Waals surface area contributed by atoms with Gasteiger partial charge in [0, 0.05) is 19.1 Å². The van der Waals surface area contributed by atoms with Crippen LogP contribution in [0.25, 0.3) is 0 Å². The minimum Gasteiger partial charge on any atom is -0.468 e. The number of ether oxygens (including phenoxy) is 1. The summed E-state index contributed by atoms with van der Waals surface area (Å²) in [6.07, 6.45) is 1.12. The third-order valence-corrected chi connectivity index (χ3v) is 2.74. The molecule has 1 fully saturated rings. The van der Waals surface area contributed by atoms with Crippen molar-refractivity contribution in [2.75, 3.05) is 40.3 Å². The van der Waals surface area contributed by atoms with E-state index in [1.165, 1.54) is 7.11 Å². The normalized spacial score (nSPS) is 25.8. The lowest BCUT2D eigenvalue weighted by molar-refractivity contribution is -0.142. The summed E-state index contributed by atoms with van der Waals surface area (Å²) in [7, 11) is 3.56. The molecule has 1 rings (SSSR count). The molecule has 1 atom stereocenters. The molecule has 0 radical (unpaired) electrons. The van der Waals surface area contributed by atoms with Gasteiger partial charge < -0.3 is 9.64 Å². The van der Waals surface area contributed by atoms with Crippen LogP contribution in [0.2, 0.25) is 0 Å². The Morgan fingerprint density at radius 2 is 2.21 bits per heavy atom. The highest BCUT2D eigenvalue weighted by Gasteiger charge is 2.21. The summed E-state index contributed by atoms with van der Waals surface area (Å²) < 4.78 is 4.67. The van der Waals surface area contributed by atoms with E-state index in [1.54, 1.807) is 0 Å². The van der Waals surface area contributed by atoms with Gasteiger partial charge in [0.2, 0.25) is 0 Å². The summed E-state index contributed by atoms with van der Waals surface area (Å²) in [6, 6.07) is 0.432. The molecule has 0 N–H and O–H groups in total. The lowest BCUT2D eigenvalue weighted by atomic mass is 10.3.